The minimum absolute atomic E-state index is 0.0348. The third kappa shape index (κ3) is 3.83. The Kier molecular flexibility index (Phi) is 4.97. The van der Waals surface area contributed by atoms with Crippen LogP contribution in [0.2, 0.25) is 0 Å². The largest absolute Gasteiger partial charge is 0.494 e. The Morgan fingerprint density at radius 2 is 1.85 bits per heavy atom. The van der Waals surface area contributed by atoms with E-state index in [0.29, 0.717) is 22.4 Å². The summed E-state index contributed by atoms with van der Waals surface area (Å²) < 4.78 is 43.8. The first-order chi connectivity index (χ1) is 12.8. The van der Waals surface area contributed by atoms with Gasteiger partial charge < -0.3 is 4.74 Å². The number of halogens is 1. The molecule has 8 heteroatoms. The van der Waals surface area contributed by atoms with Crippen molar-refractivity contribution >= 4 is 9.84 Å². The van der Waals surface area contributed by atoms with E-state index in [9.17, 15) is 12.8 Å². The molecule has 0 radical (unpaired) electrons. The maximum atomic E-state index is 14.1. The Balaban J connectivity index is 2.13. The zero-order valence-corrected chi connectivity index (χ0v) is 15.5. The molecule has 0 aliphatic carbocycles. The highest BCUT2D eigenvalue weighted by Crippen LogP contribution is 2.33. The van der Waals surface area contributed by atoms with Crippen LogP contribution in [0, 0.1) is 17.1 Å². The number of nitriles is 1. The number of aromatic nitrogens is 2. The van der Waals surface area contributed by atoms with Crippen molar-refractivity contribution in [2.45, 2.75) is 11.4 Å². The third-order valence-electron chi connectivity index (χ3n) is 4.01. The molecule has 3 rings (SSSR count). The Morgan fingerprint density at radius 3 is 2.41 bits per heavy atom. The van der Waals surface area contributed by atoms with Gasteiger partial charge >= 0.3 is 0 Å². The second-order valence-electron chi connectivity index (χ2n) is 5.89. The van der Waals surface area contributed by atoms with E-state index in [0.717, 1.165) is 6.26 Å². The molecule has 6 nitrogen and oxygen atoms in total. The molecule has 0 bridgehead atoms. The van der Waals surface area contributed by atoms with E-state index in [1.165, 1.54) is 36.1 Å². The van der Waals surface area contributed by atoms with Gasteiger partial charge in [-0.15, -0.1) is 0 Å². The van der Waals surface area contributed by atoms with Crippen LogP contribution >= 0.6 is 0 Å². The number of hydrogen-bond donors (Lipinski definition) is 0. The molecule has 0 atom stereocenters. The van der Waals surface area contributed by atoms with Gasteiger partial charge in [-0.2, -0.15) is 10.4 Å². The summed E-state index contributed by atoms with van der Waals surface area (Å²) in [6.07, 6.45) is 2.79. The van der Waals surface area contributed by atoms with Crippen molar-refractivity contribution in [1.29, 1.82) is 5.26 Å². The first-order valence-electron chi connectivity index (χ1n) is 7.92. The van der Waals surface area contributed by atoms with Gasteiger partial charge in [-0.1, -0.05) is 18.2 Å². The second-order valence-corrected chi connectivity index (χ2v) is 7.91. The minimum Gasteiger partial charge on any atom is -0.494 e. The number of sulfone groups is 1. The zero-order valence-electron chi connectivity index (χ0n) is 14.7. The summed E-state index contributed by atoms with van der Waals surface area (Å²) in [6, 6.07) is 12.8. The Morgan fingerprint density at radius 1 is 1.19 bits per heavy atom. The molecule has 1 aromatic heterocycles. The summed E-state index contributed by atoms with van der Waals surface area (Å²) in [4.78, 5) is 0.194. The first-order valence-corrected chi connectivity index (χ1v) is 9.81. The maximum Gasteiger partial charge on any atom is 0.175 e. The van der Waals surface area contributed by atoms with Gasteiger partial charge in [0, 0.05) is 23.6 Å². The molecular weight excluding hydrogens is 369 g/mol. The van der Waals surface area contributed by atoms with Crippen LogP contribution in [-0.4, -0.2) is 31.6 Å². The third-order valence-corrected chi connectivity index (χ3v) is 5.14. The van der Waals surface area contributed by atoms with Crippen molar-refractivity contribution in [2.24, 2.45) is 0 Å². The van der Waals surface area contributed by atoms with E-state index in [-0.39, 0.29) is 17.2 Å². The monoisotopic (exact) mass is 385 g/mol. The predicted octanol–water partition coefficient (Wildman–Crippen LogP) is 3.29. The number of rotatable bonds is 5. The van der Waals surface area contributed by atoms with Crippen LogP contribution in [0.3, 0.4) is 0 Å². The lowest BCUT2D eigenvalue weighted by molar-refractivity contribution is 0.386. The van der Waals surface area contributed by atoms with Crippen molar-refractivity contribution in [1.82, 2.24) is 9.78 Å². The smallest absolute Gasteiger partial charge is 0.175 e. The van der Waals surface area contributed by atoms with E-state index < -0.39 is 15.7 Å². The van der Waals surface area contributed by atoms with Crippen LogP contribution in [0.4, 0.5) is 4.39 Å². The van der Waals surface area contributed by atoms with Gasteiger partial charge in [-0.05, 0) is 29.8 Å². The Hall–Kier alpha value is -3.18. The van der Waals surface area contributed by atoms with Gasteiger partial charge in [-0.3, -0.25) is 4.68 Å². The summed E-state index contributed by atoms with van der Waals surface area (Å²) >= 11 is 0. The quantitative estimate of drug-likeness (QED) is 0.673. The lowest BCUT2D eigenvalue weighted by atomic mass is 10.0. The minimum atomic E-state index is -3.31. The van der Waals surface area contributed by atoms with Crippen molar-refractivity contribution < 1.29 is 17.5 Å². The van der Waals surface area contributed by atoms with E-state index in [1.54, 1.807) is 24.4 Å². The highest BCUT2D eigenvalue weighted by atomic mass is 32.2. The van der Waals surface area contributed by atoms with Crippen molar-refractivity contribution in [2.75, 3.05) is 13.4 Å². The van der Waals surface area contributed by atoms with Gasteiger partial charge in [0.15, 0.2) is 21.4 Å². The molecule has 0 saturated carbocycles. The topological polar surface area (TPSA) is 85.0 Å². The maximum absolute atomic E-state index is 14.1. The molecule has 27 heavy (non-hydrogen) atoms. The van der Waals surface area contributed by atoms with Crippen LogP contribution in [-0.2, 0) is 16.4 Å². The van der Waals surface area contributed by atoms with Crippen molar-refractivity contribution in [3.8, 4) is 34.2 Å². The summed E-state index contributed by atoms with van der Waals surface area (Å²) in [5.74, 6) is -0.386. The number of nitrogens with zero attached hydrogens (tertiary/aromatic N) is 3. The van der Waals surface area contributed by atoms with Crippen LogP contribution in [0.25, 0.3) is 22.4 Å². The number of hydrogen-bond acceptors (Lipinski definition) is 5. The molecule has 0 unspecified atom stereocenters. The normalized spacial score (nSPS) is 11.2. The molecular formula is C19H16FN3O3S. The molecule has 0 amide bonds. The molecule has 1 heterocycles. The number of ether oxygens (including phenoxy) is 1. The van der Waals surface area contributed by atoms with E-state index in [2.05, 4.69) is 5.10 Å². The summed E-state index contributed by atoms with van der Waals surface area (Å²) in [5, 5.41) is 13.3. The lowest BCUT2D eigenvalue weighted by Gasteiger charge is -2.06. The van der Waals surface area contributed by atoms with E-state index in [4.69, 9.17) is 10.00 Å². The average molecular weight is 385 g/mol. The van der Waals surface area contributed by atoms with Crippen LogP contribution in [0.1, 0.15) is 0 Å². The predicted molar refractivity (Wildman–Crippen MR) is 98.3 cm³/mol. The fraction of sp³-hybridized carbons (Fsp3) is 0.158. The zero-order chi connectivity index (χ0) is 19.6. The summed E-state index contributed by atoms with van der Waals surface area (Å²) in [6.45, 7) is 0.0348. The summed E-state index contributed by atoms with van der Waals surface area (Å²) in [7, 11) is -1.93. The molecule has 2 aromatic carbocycles. The number of benzene rings is 2. The molecule has 3 aromatic rings. The fourth-order valence-electron chi connectivity index (χ4n) is 2.69. The molecule has 0 saturated heterocycles. The van der Waals surface area contributed by atoms with Gasteiger partial charge in [0.2, 0.25) is 0 Å². The van der Waals surface area contributed by atoms with Gasteiger partial charge in [0.25, 0.3) is 0 Å². The van der Waals surface area contributed by atoms with Gasteiger partial charge in [-0.25, -0.2) is 12.8 Å². The molecule has 0 N–H and O–H groups in total. The number of methoxy groups -OCH3 is 1. The molecule has 0 aliphatic rings. The highest BCUT2D eigenvalue weighted by molar-refractivity contribution is 7.90. The van der Waals surface area contributed by atoms with Gasteiger partial charge in [0.1, 0.15) is 12.2 Å². The summed E-state index contributed by atoms with van der Waals surface area (Å²) in [5.41, 5.74) is 2.37. The van der Waals surface area contributed by atoms with Crippen molar-refractivity contribution in [3.63, 3.8) is 0 Å². The van der Waals surface area contributed by atoms with Crippen molar-refractivity contribution in [3.05, 3.63) is 54.5 Å². The second kappa shape index (κ2) is 7.21. The molecule has 0 fully saturated rings. The first kappa shape index (κ1) is 18.6. The average Bonchev–Trinajstić information content (AvgIpc) is 3.05. The Bertz CT molecular complexity index is 1130. The molecule has 138 valence electrons. The van der Waals surface area contributed by atoms with Crippen LogP contribution in [0.15, 0.2) is 53.6 Å². The van der Waals surface area contributed by atoms with Gasteiger partial charge in [0.05, 0.1) is 18.1 Å². The standard InChI is InChI=1S/C19H16FN3O3S/c1-26-18-8-5-14(11-17(18)20)16-12-23(10-9-21)22-19(16)13-3-6-15(7-4-13)27(2,24)25/h3-8,11-12H,10H2,1-2H3. The van der Waals surface area contributed by atoms with Crippen LogP contribution < -0.4 is 4.74 Å². The Labute approximate surface area is 156 Å². The van der Waals surface area contributed by atoms with E-state index in [1.807, 2.05) is 6.07 Å². The molecule has 0 spiro atoms. The molecule has 0 aliphatic heterocycles. The lowest BCUT2D eigenvalue weighted by Crippen LogP contribution is -1.97. The highest BCUT2D eigenvalue weighted by Gasteiger charge is 2.16. The van der Waals surface area contributed by atoms with Crippen LogP contribution in [0.5, 0.6) is 5.75 Å². The SMILES string of the molecule is COc1ccc(-c2cn(CC#N)nc2-c2ccc(S(C)(=O)=O)cc2)cc1F. The fourth-order valence-corrected chi connectivity index (χ4v) is 3.32. The van der Waals surface area contributed by atoms with E-state index >= 15 is 0 Å².